The Bertz CT molecular complexity index is 586. The SMILES string of the molecule is NNC(=O)c1ccccc1CN1CCCS(=O)(=O)CC1. The van der Waals surface area contributed by atoms with Crippen LogP contribution in [-0.4, -0.2) is 43.8 Å². The molecule has 0 saturated carbocycles. The lowest BCUT2D eigenvalue weighted by molar-refractivity contribution is 0.0951. The van der Waals surface area contributed by atoms with Crippen molar-refractivity contribution in [2.45, 2.75) is 13.0 Å². The summed E-state index contributed by atoms with van der Waals surface area (Å²) in [5.41, 5.74) is 3.52. The molecule has 1 aromatic rings. The van der Waals surface area contributed by atoms with Crippen molar-refractivity contribution < 1.29 is 13.2 Å². The minimum absolute atomic E-state index is 0.179. The summed E-state index contributed by atoms with van der Waals surface area (Å²) < 4.78 is 23.2. The summed E-state index contributed by atoms with van der Waals surface area (Å²) in [4.78, 5) is 13.8. The Labute approximate surface area is 118 Å². The minimum atomic E-state index is -2.92. The maximum atomic E-state index is 11.7. The van der Waals surface area contributed by atoms with Gasteiger partial charge >= 0.3 is 0 Å². The van der Waals surface area contributed by atoms with Crippen LogP contribution in [-0.2, 0) is 16.4 Å². The number of hydrogen-bond donors (Lipinski definition) is 2. The van der Waals surface area contributed by atoms with Crippen molar-refractivity contribution in [2.75, 3.05) is 24.6 Å². The highest BCUT2D eigenvalue weighted by Crippen LogP contribution is 2.14. The van der Waals surface area contributed by atoms with Gasteiger partial charge in [0.05, 0.1) is 11.5 Å². The predicted octanol–water partition coefficient (Wildman–Crippen LogP) is -0.0894. The first-order valence-corrected chi connectivity index (χ1v) is 8.35. The van der Waals surface area contributed by atoms with E-state index >= 15 is 0 Å². The molecule has 1 saturated heterocycles. The summed E-state index contributed by atoms with van der Waals surface area (Å²) >= 11 is 0. The Kier molecular flexibility index (Phi) is 4.74. The molecule has 0 radical (unpaired) electrons. The molecule has 1 fully saturated rings. The number of sulfone groups is 1. The zero-order valence-corrected chi connectivity index (χ0v) is 12.0. The Balaban J connectivity index is 2.12. The van der Waals surface area contributed by atoms with Gasteiger partial charge in [0.25, 0.3) is 5.91 Å². The van der Waals surface area contributed by atoms with Gasteiger partial charge in [-0.25, -0.2) is 14.3 Å². The summed E-state index contributed by atoms with van der Waals surface area (Å²) in [7, 11) is -2.92. The molecule has 110 valence electrons. The van der Waals surface area contributed by atoms with Crippen LogP contribution in [0.2, 0.25) is 0 Å². The standard InChI is InChI=1S/C13H19N3O3S/c14-15-13(17)12-5-2-1-4-11(12)10-16-6-3-8-20(18,19)9-7-16/h1-2,4-5H,3,6-10,14H2,(H,15,17). The van der Waals surface area contributed by atoms with Gasteiger partial charge in [-0.2, -0.15) is 0 Å². The van der Waals surface area contributed by atoms with Gasteiger partial charge in [0, 0.05) is 18.7 Å². The van der Waals surface area contributed by atoms with Crippen LogP contribution < -0.4 is 11.3 Å². The van der Waals surface area contributed by atoms with Crippen LogP contribution in [0.15, 0.2) is 24.3 Å². The van der Waals surface area contributed by atoms with E-state index in [4.69, 9.17) is 5.84 Å². The fourth-order valence-electron chi connectivity index (χ4n) is 2.35. The highest BCUT2D eigenvalue weighted by molar-refractivity contribution is 7.91. The van der Waals surface area contributed by atoms with Gasteiger partial charge in [0.1, 0.15) is 0 Å². The van der Waals surface area contributed by atoms with Crippen LogP contribution in [0, 0.1) is 0 Å². The van der Waals surface area contributed by atoms with Crippen LogP contribution >= 0.6 is 0 Å². The lowest BCUT2D eigenvalue weighted by Gasteiger charge is -2.20. The molecule has 1 aliphatic rings. The summed E-state index contributed by atoms with van der Waals surface area (Å²) in [5.74, 6) is 5.27. The van der Waals surface area contributed by atoms with Gasteiger partial charge in [-0.1, -0.05) is 18.2 Å². The molecule has 0 aliphatic carbocycles. The van der Waals surface area contributed by atoms with Crippen molar-refractivity contribution in [3.8, 4) is 0 Å². The molecule has 1 aliphatic heterocycles. The molecule has 7 heteroatoms. The molecule has 1 aromatic carbocycles. The number of nitrogens with two attached hydrogens (primary N) is 1. The molecule has 3 N–H and O–H groups in total. The number of nitrogen functional groups attached to an aromatic ring is 1. The molecular formula is C13H19N3O3S. The van der Waals surface area contributed by atoms with Crippen molar-refractivity contribution in [3.05, 3.63) is 35.4 Å². The van der Waals surface area contributed by atoms with E-state index in [9.17, 15) is 13.2 Å². The monoisotopic (exact) mass is 297 g/mol. The number of benzene rings is 1. The van der Waals surface area contributed by atoms with Gasteiger partial charge in [0.15, 0.2) is 9.84 Å². The highest BCUT2D eigenvalue weighted by Gasteiger charge is 2.20. The van der Waals surface area contributed by atoms with E-state index in [1.807, 2.05) is 12.1 Å². The lowest BCUT2D eigenvalue weighted by Crippen LogP contribution is -2.32. The molecule has 0 atom stereocenters. The van der Waals surface area contributed by atoms with Gasteiger partial charge < -0.3 is 0 Å². The van der Waals surface area contributed by atoms with Crippen molar-refractivity contribution in [1.29, 1.82) is 0 Å². The first-order chi connectivity index (χ1) is 9.52. The highest BCUT2D eigenvalue weighted by atomic mass is 32.2. The number of carbonyl (C=O) groups excluding carboxylic acids is 1. The fourth-order valence-corrected chi connectivity index (χ4v) is 3.66. The van der Waals surface area contributed by atoms with Crippen LogP contribution in [0.4, 0.5) is 0 Å². The number of amides is 1. The second-order valence-corrected chi connectivity index (χ2v) is 7.22. The van der Waals surface area contributed by atoms with E-state index in [0.717, 1.165) is 12.1 Å². The van der Waals surface area contributed by atoms with Crippen LogP contribution in [0.3, 0.4) is 0 Å². The average Bonchev–Trinajstić information content (AvgIpc) is 2.60. The van der Waals surface area contributed by atoms with E-state index in [2.05, 4.69) is 10.3 Å². The van der Waals surface area contributed by atoms with Gasteiger partial charge in [0.2, 0.25) is 0 Å². The Hall–Kier alpha value is -1.44. The molecule has 1 heterocycles. The molecular weight excluding hydrogens is 278 g/mol. The topological polar surface area (TPSA) is 92.5 Å². The first kappa shape index (κ1) is 15.0. The number of hydrogen-bond acceptors (Lipinski definition) is 5. The molecule has 0 aromatic heterocycles. The molecule has 6 nitrogen and oxygen atoms in total. The molecule has 0 spiro atoms. The first-order valence-electron chi connectivity index (χ1n) is 6.53. The Morgan fingerprint density at radius 1 is 1.25 bits per heavy atom. The summed E-state index contributed by atoms with van der Waals surface area (Å²) in [6, 6.07) is 7.22. The number of hydrazine groups is 1. The van der Waals surface area contributed by atoms with Crippen LogP contribution in [0.1, 0.15) is 22.3 Å². The van der Waals surface area contributed by atoms with E-state index in [1.54, 1.807) is 12.1 Å². The summed E-state index contributed by atoms with van der Waals surface area (Å²) in [6.45, 7) is 1.78. The predicted molar refractivity (Wildman–Crippen MR) is 76.6 cm³/mol. The van der Waals surface area contributed by atoms with Crippen LogP contribution in [0.5, 0.6) is 0 Å². The number of rotatable bonds is 3. The van der Waals surface area contributed by atoms with E-state index in [0.29, 0.717) is 25.1 Å². The van der Waals surface area contributed by atoms with Crippen molar-refractivity contribution >= 4 is 15.7 Å². The molecule has 20 heavy (non-hydrogen) atoms. The van der Waals surface area contributed by atoms with E-state index < -0.39 is 9.84 Å². The number of nitrogens with one attached hydrogen (secondary N) is 1. The fraction of sp³-hybridized carbons (Fsp3) is 0.462. The second-order valence-electron chi connectivity index (χ2n) is 4.91. The third-order valence-electron chi connectivity index (χ3n) is 3.44. The Morgan fingerprint density at radius 3 is 2.75 bits per heavy atom. The van der Waals surface area contributed by atoms with Crippen molar-refractivity contribution in [1.82, 2.24) is 10.3 Å². The maximum absolute atomic E-state index is 11.7. The minimum Gasteiger partial charge on any atom is -0.298 e. The van der Waals surface area contributed by atoms with Crippen molar-refractivity contribution in [3.63, 3.8) is 0 Å². The van der Waals surface area contributed by atoms with Gasteiger partial charge in [-0.3, -0.25) is 15.1 Å². The molecule has 0 unspecified atom stereocenters. The molecule has 1 amide bonds. The third kappa shape index (κ3) is 3.78. The summed E-state index contributed by atoms with van der Waals surface area (Å²) in [5, 5.41) is 0. The quantitative estimate of drug-likeness (QED) is 0.462. The Morgan fingerprint density at radius 2 is 2.00 bits per heavy atom. The van der Waals surface area contributed by atoms with Gasteiger partial charge in [-0.15, -0.1) is 0 Å². The maximum Gasteiger partial charge on any atom is 0.265 e. The number of nitrogens with zero attached hydrogens (tertiary/aromatic N) is 1. The zero-order valence-electron chi connectivity index (χ0n) is 11.2. The smallest absolute Gasteiger partial charge is 0.265 e. The normalized spacial score (nSPS) is 19.2. The lowest BCUT2D eigenvalue weighted by atomic mass is 10.1. The second kappa shape index (κ2) is 6.34. The number of carbonyl (C=O) groups is 1. The molecule has 2 rings (SSSR count). The van der Waals surface area contributed by atoms with E-state index in [1.165, 1.54) is 0 Å². The summed E-state index contributed by atoms with van der Waals surface area (Å²) in [6.07, 6.45) is 0.633. The van der Waals surface area contributed by atoms with E-state index in [-0.39, 0.29) is 17.4 Å². The molecule has 0 bridgehead atoms. The van der Waals surface area contributed by atoms with Crippen LogP contribution in [0.25, 0.3) is 0 Å². The van der Waals surface area contributed by atoms with Crippen molar-refractivity contribution in [2.24, 2.45) is 5.84 Å². The zero-order chi connectivity index (χ0) is 14.6. The van der Waals surface area contributed by atoms with Gasteiger partial charge in [-0.05, 0) is 24.6 Å². The third-order valence-corrected chi connectivity index (χ3v) is 5.15. The largest absolute Gasteiger partial charge is 0.298 e. The average molecular weight is 297 g/mol.